The van der Waals surface area contributed by atoms with Crippen molar-refractivity contribution in [3.05, 3.63) is 76.4 Å². The fourth-order valence-corrected chi connectivity index (χ4v) is 5.13. The third-order valence-corrected chi connectivity index (χ3v) is 7.41. The van der Waals surface area contributed by atoms with E-state index in [1.165, 1.54) is 50.7 Å². The summed E-state index contributed by atoms with van der Waals surface area (Å²) in [4.78, 5) is 17.0. The normalized spacial score (nSPS) is 12.7. The highest BCUT2D eigenvalue weighted by molar-refractivity contribution is 7.90. The molecule has 0 saturated carbocycles. The zero-order valence-electron chi connectivity index (χ0n) is 21.6. The van der Waals surface area contributed by atoms with Gasteiger partial charge in [-0.05, 0) is 48.9 Å². The van der Waals surface area contributed by atoms with Gasteiger partial charge in [-0.15, -0.1) is 13.2 Å². The summed E-state index contributed by atoms with van der Waals surface area (Å²) >= 11 is 6.14. The molecule has 0 bridgehead atoms. The van der Waals surface area contributed by atoms with Crippen molar-refractivity contribution in [1.29, 1.82) is 0 Å². The predicted molar refractivity (Wildman–Crippen MR) is 145 cm³/mol. The molecule has 40 heavy (non-hydrogen) atoms. The third kappa shape index (κ3) is 6.28. The van der Waals surface area contributed by atoms with Crippen molar-refractivity contribution in [3.8, 4) is 17.2 Å². The van der Waals surface area contributed by atoms with Gasteiger partial charge >= 0.3 is 6.36 Å². The number of ketones is 1. The van der Waals surface area contributed by atoms with Crippen molar-refractivity contribution in [2.45, 2.75) is 24.2 Å². The van der Waals surface area contributed by atoms with Crippen LogP contribution in [0.15, 0.2) is 59.6 Å². The molecule has 0 aliphatic carbocycles. The quantitative estimate of drug-likeness (QED) is 0.213. The topological polar surface area (TPSA) is 107 Å². The Morgan fingerprint density at radius 1 is 1.02 bits per heavy atom. The van der Waals surface area contributed by atoms with Gasteiger partial charge in [0, 0.05) is 51.3 Å². The van der Waals surface area contributed by atoms with Gasteiger partial charge in [-0.1, -0.05) is 17.7 Å². The predicted octanol–water partition coefficient (Wildman–Crippen LogP) is 6.49. The van der Waals surface area contributed by atoms with E-state index in [1.807, 2.05) is 0 Å². The third-order valence-electron chi connectivity index (χ3n) is 6.08. The second kappa shape index (κ2) is 10.9. The molecular formula is C27H24ClF3N2O6S. The molecule has 8 nitrogen and oxygen atoms in total. The van der Waals surface area contributed by atoms with Crippen LogP contribution in [0.1, 0.15) is 27.5 Å². The van der Waals surface area contributed by atoms with Crippen LogP contribution in [0.25, 0.3) is 10.9 Å². The molecule has 1 atom stereocenters. The van der Waals surface area contributed by atoms with E-state index in [9.17, 15) is 26.4 Å². The fourth-order valence-electron chi connectivity index (χ4n) is 4.29. The van der Waals surface area contributed by atoms with Gasteiger partial charge in [-0.3, -0.25) is 4.79 Å². The van der Waals surface area contributed by atoms with Crippen molar-refractivity contribution in [1.82, 2.24) is 4.98 Å². The molecule has 212 valence electrons. The maximum Gasteiger partial charge on any atom is 0.573 e. The summed E-state index contributed by atoms with van der Waals surface area (Å²) in [6.07, 6.45) is -2.50. The number of fused-ring (bicyclic) bond motifs is 1. The number of halogens is 4. The average Bonchev–Trinajstić information content (AvgIpc) is 3.29. The minimum Gasteiger partial charge on any atom is -0.497 e. The van der Waals surface area contributed by atoms with Crippen molar-refractivity contribution in [2.75, 3.05) is 25.8 Å². The summed E-state index contributed by atoms with van der Waals surface area (Å²) in [6.45, 7) is 1.58. The summed E-state index contributed by atoms with van der Waals surface area (Å²) in [5.41, 5.74) is 1.50. The lowest BCUT2D eigenvalue weighted by molar-refractivity contribution is -0.274. The number of benzene rings is 3. The number of aryl methyl sites for hydroxylation is 1. The summed E-state index contributed by atoms with van der Waals surface area (Å²) in [5, 5.41) is 3.59. The van der Waals surface area contributed by atoms with E-state index in [4.69, 9.17) is 21.1 Å². The lowest BCUT2D eigenvalue weighted by Gasteiger charge is -2.22. The first-order valence-corrected chi connectivity index (χ1v) is 13.9. The molecule has 1 heterocycles. The molecular weight excluding hydrogens is 573 g/mol. The summed E-state index contributed by atoms with van der Waals surface area (Å²) in [7, 11) is -0.897. The molecule has 0 spiro atoms. The van der Waals surface area contributed by atoms with Crippen LogP contribution in [-0.4, -0.2) is 46.0 Å². The number of aromatic amines is 1. The highest BCUT2D eigenvalue weighted by atomic mass is 35.5. The zero-order chi connectivity index (χ0) is 29.4. The van der Waals surface area contributed by atoms with E-state index in [0.29, 0.717) is 21.7 Å². The summed E-state index contributed by atoms with van der Waals surface area (Å²) < 4.78 is 78.3. The standard InChI is InChI=1S/C27H24ClF3N2O6S/c1-14-7-18(39-27(29,30)31)12-21-22(13-32-24(14)21)26(34)25(20-6-5-15(28)8-23(20)38-3)33-16-9-17(37-2)11-19(10-16)40(4,35)36/h5-13,25,32-33H,1-4H3/t25-/m1/s1. The number of hydrogen-bond acceptors (Lipinski definition) is 7. The second-order valence-electron chi connectivity index (χ2n) is 8.91. The van der Waals surface area contributed by atoms with E-state index in [-0.39, 0.29) is 33.0 Å². The number of anilines is 1. The number of H-pyrrole nitrogens is 1. The molecule has 0 saturated heterocycles. The molecule has 0 radical (unpaired) electrons. The van der Waals surface area contributed by atoms with Crippen LogP contribution in [0.3, 0.4) is 0 Å². The molecule has 0 fully saturated rings. The Hall–Kier alpha value is -3.90. The summed E-state index contributed by atoms with van der Waals surface area (Å²) in [5.74, 6) is -0.567. The van der Waals surface area contributed by atoms with E-state index in [1.54, 1.807) is 19.1 Å². The number of aromatic nitrogens is 1. The minimum atomic E-state index is -4.93. The van der Waals surface area contributed by atoms with Crippen LogP contribution in [0.4, 0.5) is 18.9 Å². The van der Waals surface area contributed by atoms with Gasteiger partial charge < -0.3 is 24.5 Å². The van der Waals surface area contributed by atoms with Gasteiger partial charge in [0.2, 0.25) is 0 Å². The zero-order valence-corrected chi connectivity index (χ0v) is 23.2. The van der Waals surface area contributed by atoms with Crippen LogP contribution < -0.4 is 19.5 Å². The molecule has 0 aliphatic heterocycles. The average molecular weight is 597 g/mol. The molecule has 2 N–H and O–H groups in total. The molecule has 0 aliphatic rings. The number of nitrogens with one attached hydrogen (secondary N) is 2. The van der Waals surface area contributed by atoms with Crippen LogP contribution in [0.2, 0.25) is 5.02 Å². The van der Waals surface area contributed by atoms with E-state index in [0.717, 1.165) is 12.3 Å². The Labute approximate surface area is 232 Å². The Bertz CT molecular complexity index is 1700. The SMILES string of the molecule is COc1cc(N[C@@H](C(=O)c2c[nH]c3c(C)cc(OC(F)(F)F)cc23)c2ccc(Cl)cc2OC)cc(S(C)(=O)=O)c1. The first-order valence-electron chi connectivity index (χ1n) is 11.6. The minimum absolute atomic E-state index is 0.0553. The number of carbonyl (C=O) groups excluding carboxylic acids is 1. The van der Waals surface area contributed by atoms with Crippen LogP contribution in [-0.2, 0) is 9.84 Å². The number of methoxy groups -OCH3 is 2. The first-order chi connectivity index (χ1) is 18.7. The number of alkyl halides is 3. The van der Waals surface area contributed by atoms with Crippen LogP contribution in [0.5, 0.6) is 17.2 Å². The fraction of sp³-hybridized carbons (Fsp3) is 0.222. The summed E-state index contributed by atoms with van der Waals surface area (Å²) in [6, 6.07) is 9.94. The molecule has 13 heteroatoms. The molecule has 3 aromatic carbocycles. The van der Waals surface area contributed by atoms with Crippen molar-refractivity contribution < 1.29 is 40.6 Å². The molecule has 4 aromatic rings. The number of sulfone groups is 1. The lowest BCUT2D eigenvalue weighted by atomic mass is 9.95. The van der Waals surface area contributed by atoms with E-state index < -0.39 is 33.8 Å². The number of carbonyl (C=O) groups is 1. The Morgan fingerprint density at radius 2 is 1.75 bits per heavy atom. The highest BCUT2D eigenvalue weighted by Crippen LogP contribution is 2.37. The second-order valence-corrected chi connectivity index (χ2v) is 11.4. The van der Waals surface area contributed by atoms with Gasteiger partial charge in [0.1, 0.15) is 23.3 Å². The largest absolute Gasteiger partial charge is 0.573 e. The first kappa shape index (κ1) is 29.1. The Kier molecular flexibility index (Phi) is 7.95. The van der Waals surface area contributed by atoms with Crippen molar-refractivity contribution in [3.63, 3.8) is 0 Å². The maximum atomic E-state index is 14.1. The van der Waals surface area contributed by atoms with Gasteiger partial charge in [0.25, 0.3) is 0 Å². The van der Waals surface area contributed by atoms with Gasteiger partial charge in [-0.25, -0.2) is 8.42 Å². The van der Waals surface area contributed by atoms with Crippen LogP contribution in [0, 0.1) is 6.92 Å². The number of Topliss-reactive ketones (excluding diaryl/α,β-unsaturated/α-hetero) is 1. The number of hydrogen-bond donors (Lipinski definition) is 2. The number of ether oxygens (including phenoxy) is 3. The molecule has 1 aromatic heterocycles. The van der Waals surface area contributed by atoms with Crippen LogP contribution >= 0.6 is 11.6 Å². The van der Waals surface area contributed by atoms with Gasteiger partial charge in [0.05, 0.1) is 19.1 Å². The smallest absolute Gasteiger partial charge is 0.497 e. The number of rotatable bonds is 9. The molecule has 0 amide bonds. The van der Waals surface area contributed by atoms with Crippen molar-refractivity contribution >= 4 is 43.8 Å². The maximum absolute atomic E-state index is 14.1. The van der Waals surface area contributed by atoms with Crippen molar-refractivity contribution in [2.24, 2.45) is 0 Å². The van der Waals surface area contributed by atoms with Gasteiger partial charge in [-0.2, -0.15) is 0 Å². The molecule has 0 unspecified atom stereocenters. The van der Waals surface area contributed by atoms with E-state index in [2.05, 4.69) is 15.0 Å². The monoisotopic (exact) mass is 596 g/mol. The van der Waals surface area contributed by atoms with Gasteiger partial charge in [0.15, 0.2) is 15.6 Å². The highest BCUT2D eigenvalue weighted by Gasteiger charge is 2.32. The molecule has 4 rings (SSSR count). The van der Waals surface area contributed by atoms with E-state index >= 15 is 0 Å². The Morgan fingerprint density at radius 3 is 2.38 bits per heavy atom. The Balaban J connectivity index is 1.89. The lowest BCUT2D eigenvalue weighted by Crippen LogP contribution is -2.22.